The van der Waals surface area contributed by atoms with Crippen molar-refractivity contribution in [3.63, 3.8) is 0 Å². The van der Waals surface area contributed by atoms with Gasteiger partial charge in [0.05, 0.1) is 7.11 Å². The van der Waals surface area contributed by atoms with Gasteiger partial charge in [0.25, 0.3) is 0 Å². The highest BCUT2D eigenvalue weighted by Crippen LogP contribution is 2.17. The van der Waals surface area contributed by atoms with E-state index in [1.165, 1.54) is 5.56 Å². The first-order valence-corrected chi connectivity index (χ1v) is 10.6. The van der Waals surface area contributed by atoms with Gasteiger partial charge in [-0.2, -0.15) is 0 Å². The number of hydrogen-bond donors (Lipinski definition) is 1. The Hall–Kier alpha value is -2.12. The first-order valence-electron chi connectivity index (χ1n) is 10.6. The van der Waals surface area contributed by atoms with Crippen molar-refractivity contribution in [1.82, 2.24) is 4.90 Å². The first-order chi connectivity index (χ1) is 14.6. The molecule has 1 atom stereocenters. The van der Waals surface area contributed by atoms with Gasteiger partial charge < -0.3 is 24.1 Å². The fraction of sp³-hybridized carbons (Fsp3) is 0.500. The molecule has 2 aromatic carbocycles. The van der Waals surface area contributed by atoms with E-state index in [1.54, 1.807) is 7.11 Å². The summed E-state index contributed by atoms with van der Waals surface area (Å²) >= 11 is 0. The molecule has 0 saturated heterocycles. The molecule has 0 amide bonds. The molecule has 0 aliphatic rings. The zero-order chi connectivity index (χ0) is 21.6. The third-order valence-corrected chi connectivity index (χ3v) is 4.64. The Kier molecular flexibility index (Phi) is 11.3. The second-order valence-corrected chi connectivity index (χ2v) is 6.98. The van der Waals surface area contributed by atoms with Crippen LogP contribution in [0.25, 0.3) is 0 Å². The highest BCUT2D eigenvalue weighted by atomic mass is 16.7. The van der Waals surface area contributed by atoms with Crippen molar-refractivity contribution in [2.75, 3.05) is 46.6 Å². The number of nitrogens with zero attached hydrogens (tertiary/aromatic N) is 1. The largest absolute Gasteiger partial charge is 0.497 e. The van der Waals surface area contributed by atoms with E-state index < -0.39 is 6.10 Å². The van der Waals surface area contributed by atoms with Crippen molar-refractivity contribution in [1.29, 1.82) is 0 Å². The van der Waals surface area contributed by atoms with Crippen LogP contribution in [-0.4, -0.2) is 69.0 Å². The molecule has 0 aromatic heterocycles. The van der Waals surface area contributed by atoms with E-state index in [-0.39, 0.29) is 12.9 Å². The van der Waals surface area contributed by atoms with E-state index in [1.807, 2.05) is 56.3 Å². The quantitative estimate of drug-likeness (QED) is 0.448. The Labute approximate surface area is 180 Å². The van der Waals surface area contributed by atoms with Crippen molar-refractivity contribution in [3.05, 3.63) is 60.2 Å². The van der Waals surface area contributed by atoms with Crippen molar-refractivity contribution in [3.8, 4) is 11.5 Å². The van der Waals surface area contributed by atoms with Crippen LogP contribution in [0.15, 0.2) is 54.6 Å². The van der Waals surface area contributed by atoms with Gasteiger partial charge in [-0.3, -0.25) is 4.90 Å². The van der Waals surface area contributed by atoms with Crippen LogP contribution in [-0.2, 0) is 15.9 Å². The lowest BCUT2D eigenvalue weighted by atomic mass is 10.1. The van der Waals surface area contributed by atoms with E-state index >= 15 is 0 Å². The molecule has 6 heteroatoms. The van der Waals surface area contributed by atoms with Crippen LogP contribution in [0.1, 0.15) is 19.4 Å². The molecule has 2 aromatic rings. The van der Waals surface area contributed by atoms with Crippen LogP contribution in [0.3, 0.4) is 0 Å². The zero-order valence-electron chi connectivity index (χ0n) is 18.3. The molecule has 0 aliphatic carbocycles. The summed E-state index contributed by atoms with van der Waals surface area (Å²) in [6.07, 6.45) is -0.0602. The molecule has 0 saturated carbocycles. The zero-order valence-corrected chi connectivity index (χ0v) is 18.3. The highest BCUT2D eigenvalue weighted by molar-refractivity contribution is 5.31. The summed E-state index contributed by atoms with van der Waals surface area (Å²) < 4.78 is 22.3. The average molecular weight is 418 g/mol. The predicted molar refractivity (Wildman–Crippen MR) is 118 cm³/mol. The lowest BCUT2D eigenvalue weighted by Gasteiger charge is -2.29. The smallest absolute Gasteiger partial charge is 0.170 e. The van der Waals surface area contributed by atoms with Crippen molar-refractivity contribution in [2.45, 2.75) is 32.7 Å². The van der Waals surface area contributed by atoms with E-state index in [0.717, 1.165) is 18.7 Å². The monoisotopic (exact) mass is 417 g/mol. The predicted octanol–water partition coefficient (Wildman–Crippen LogP) is 3.38. The standard InChI is InChI=1S/C24H35NO5/c1-4-28-24(29-5-2)18-25(16-15-20-9-7-6-8-10-20)17-21(26)19-30-23-13-11-22(27-3)12-14-23/h6-14,21,24,26H,4-5,15-19H2,1-3H3. The molecule has 0 spiro atoms. The van der Waals surface area contributed by atoms with Crippen LogP contribution in [0.4, 0.5) is 0 Å². The fourth-order valence-electron chi connectivity index (χ4n) is 3.14. The second kappa shape index (κ2) is 14.0. The SMILES string of the molecule is CCOC(CN(CCc1ccccc1)CC(O)COc1ccc(OC)cc1)OCC. The Morgan fingerprint density at radius 1 is 0.867 bits per heavy atom. The minimum atomic E-state index is -0.633. The topological polar surface area (TPSA) is 60.4 Å². The molecule has 0 heterocycles. The number of benzene rings is 2. The molecular weight excluding hydrogens is 382 g/mol. The van der Waals surface area contributed by atoms with Crippen molar-refractivity contribution >= 4 is 0 Å². The number of ether oxygens (including phenoxy) is 4. The molecule has 0 radical (unpaired) electrons. The number of methoxy groups -OCH3 is 1. The maximum atomic E-state index is 10.6. The summed E-state index contributed by atoms with van der Waals surface area (Å²) in [7, 11) is 1.63. The minimum Gasteiger partial charge on any atom is -0.497 e. The van der Waals surface area contributed by atoms with Crippen LogP contribution in [0.5, 0.6) is 11.5 Å². The summed E-state index contributed by atoms with van der Waals surface area (Å²) in [5.41, 5.74) is 1.26. The van der Waals surface area contributed by atoms with Crippen LogP contribution in [0, 0.1) is 0 Å². The summed E-state index contributed by atoms with van der Waals surface area (Å²) in [5, 5.41) is 10.6. The van der Waals surface area contributed by atoms with Gasteiger partial charge in [-0.25, -0.2) is 0 Å². The van der Waals surface area contributed by atoms with Gasteiger partial charge in [-0.1, -0.05) is 30.3 Å². The molecule has 6 nitrogen and oxygen atoms in total. The van der Waals surface area contributed by atoms with Gasteiger partial charge in [-0.05, 0) is 50.1 Å². The minimum absolute atomic E-state index is 0.210. The number of aliphatic hydroxyl groups is 1. The molecule has 166 valence electrons. The third kappa shape index (κ3) is 9.13. The molecule has 30 heavy (non-hydrogen) atoms. The number of hydrogen-bond acceptors (Lipinski definition) is 6. The Bertz CT molecular complexity index is 674. The van der Waals surface area contributed by atoms with Gasteiger partial charge >= 0.3 is 0 Å². The van der Waals surface area contributed by atoms with Gasteiger partial charge in [0.2, 0.25) is 0 Å². The van der Waals surface area contributed by atoms with Crippen LogP contribution < -0.4 is 9.47 Å². The van der Waals surface area contributed by atoms with Gasteiger partial charge in [0.1, 0.15) is 24.2 Å². The van der Waals surface area contributed by atoms with Gasteiger partial charge in [0, 0.05) is 32.8 Å². The van der Waals surface area contributed by atoms with E-state index in [9.17, 15) is 5.11 Å². The Balaban J connectivity index is 1.91. The van der Waals surface area contributed by atoms with Crippen LogP contribution in [0.2, 0.25) is 0 Å². The third-order valence-electron chi connectivity index (χ3n) is 4.64. The maximum absolute atomic E-state index is 10.6. The molecular formula is C24H35NO5. The van der Waals surface area contributed by atoms with Gasteiger partial charge in [0.15, 0.2) is 6.29 Å². The Morgan fingerprint density at radius 2 is 1.50 bits per heavy atom. The normalized spacial score (nSPS) is 12.3. The summed E-state index contributed by atoms with van der Waals surface area (Å²) in [4.78, 5) is 2.17. The molecule has 0 bridgehead atoms. The Morgan fingerprint density at radius 3 is 2.10 bits per heavy atom. The van der Waals surface area contributed by atoms with E-state index in [4.69, 9.17) is 18.9 Å². The summed E-state index contributed by atoms with van der Waals surface area (Å²) in [6, 6.07) is 17.7. The summed E-state index contributed by atoms with van der Waals surface area (Å²) in [6.45, 7) is 7.15. The van der Waals surface area contributed by atoms with E-state index in [2.05, 4.69) is 17.0 Å². The lowest BCUT2D eigenvalue weighted by molar-refractivity contribution is -0.149. The molecule has 2 rings (SSSR count). The average Bonchev–Trinajstić information content (AvgIpc) is 2.77. The van der Waals surface area contributed by atoms with Crippen molar-refractivity contribution in [2.24, 2.45) is 0 Å². The summed E-state index contributed by atoms with van der Waals surface area (Å²) in [5.74, 6) is 1.47. The second-order valence-electron chi connectivity index (χ2n) is 6.98. The first kappa shape index (κ1) is 24.2. The highest BCUT2D eigenvalue weighted by Gasteiger charge is 2.18. The van der Waals surface area contributed by atoms with E-state index in [0.29, 0.717) is 32.1 Å². The van der Waals surface area contributed by atoms with Gasteiger partial charge in [-0.15, -0.1) is 0 Å². The van der Waals surface area contributed by atoms with Crippen molar-refractivity contribution < 1.29 is 24.1 Å². The number of aliphatic hydroxyl groups excluding tert-OH is 1. The fourth-order valence-corrected chi connectivity index (χ4v) is 3.14. The molecule has 0 fully saturated rings. The maximum Gasteiger partial charge on any atom is 0.170 e. The number of rotatable bonds is 15. The molecule has 0 aliphatic heterocycles. The molecule has 1 N–H and O–H groups in total. The lowest BCUT2D eigenvalue weighted by Crippen LogP contribution is -2.42. The van der Waals surface area contributed by atoms with Crippen LogP contribution >= 0.6 is 0 Å². The molecule has 1 unspecified atom stereocenters.